The number of rotatable bonds is 44. The first-order valence-electron chi connectivity index (χ1n) is 30.2. The van der Waals surface area contributed by atoms with Gasteiger partial charge in [-0.25, -0.2) is 0 Å². The lowest BCUT2D eigenvalue weighted by molar-refractivity contribution is -0.150. The number of carbonyl (C=O) groups excluding carboxylic acids is 5. The Morgan fingerprint density at radius 2 is 1.15 bits per heavy atom. The number of aldehydes is 1. The minimum Gasteiger partial charge on any atom is -0.465 e. The van der Waals surface area contributed by atoms with Gasteiger partial charge in [0.25, 0.3) is 5.91 Å². The van der Waals surface area contributed by atoms with E-state index in [0.29, 0.717) is 58.3 Å². The van der Waals surface area contributed by atoms with Crippen LogP contribution in [0.25, 0.3) is 0 Å². The molecule has 1 aliphatic rings. The van der Waals surface area contributed by atoms with E-state index in [2.05, 4.69) is 44.8 Å². The summed E-state index contributed by atoms with van der Waals surface area (Å²) in [6.45, 7) is 18.2. The monoisotopic (exact) mass is 1030 g/mol. The number of nitrogens with zero attached hydrogens (tertiary/aromatic N) is 2. The third-order valence-corrected chi connectivity index (χ3v) is 15.2. The van der Waals surface area contributed by atoms with Crippen LogP contribution in [0.2, 0.25) is 0 Å². The Hall–Kier alpha value is -2.79. The minimum absolute atomic E-state index is 0.0130. The summed E-state index contributed by atoms with van der Waals surface area (Å²) in [5.41, 5.74) is 1.97. The van der Waals surface area contributed by atoms with Crippen molar-refractivity contribution in [2.75, 3.05) is 40.3 Å². The number of nitrogens with one attached hydrogen (secondary N) is 1. The third kappa shape index (κ3) is 35.4. The van der Waals surface area contributed by atoms with Gasteiger partial charge in [0, 0.05) is 48.7 Å². The Balaban J connectivity index is 0.00000158. The standard InChI is InChI=1S/C37H65N3O4S.C22H42O3.C2H6/c1-6-9-11-13-15-17-21-30(22-18-16-14-12-10-7-2)44-35(42)24-20-19-23-34(41)40-27-25-31-33(29-40)45-32(8-3)36(31)37(43)38-26-28-39(4)5;1-3-5-7-9-10-14-18-21(17-13-8-6-4-2)22(24)25-20-16-12-11-15-19-23;1-2/h30H,6-29H2,1-5H3,(H,38,43);19,21H,3-18,20H2,1-2H3;1-2H3. The van der Waals surface area contributed by atoms with Crippen LogP contribution in [-0.2, 0) is 48.0 Å². The van der Waals surface area contributed by atoms with Crippen LogP contribution in [-0.4, -0.2) is 86.3 Å². The molecular weight excluding hydrogens is 919 g/mol. The van der Waals surface area contributed by atoms with Gasteiger partial charge in [-0.3, -0.25) is 19.2 Å². The molecule has 0 fully saturated rings. The van der Waals surface area contributed by atoms with E-state index in [0.717, 1.165) is 117 Å². The van der Waals surface area contributed by atoms with E-state index in [1.54, 1.807) is 11.3 Å². The number of fused-ring (bicyclic) bond motifs is 1. The third-order valence-electron chi connectivity index (χ3n) is 13.8. The van der Waals surface area contributed by atoms with E-state index >= 15 is 0 Å². The van der Waals surface area contributed by atoms with Crippen molar-refractivity contribution in [1.82, 2.24) is 15.1 Å². The lowest BCUT2D eigenvalue weighted by Crippen LogP contribution is -2.36. The highest BCUT2D eigenvalue weighted by molar-refractivity contribution is 7.12. The number of likely N-dealkylation sites (N-methyl/N-ethyl adjacent to an activating group) is 1. The van der Waals surface area contributed by atoms with E-state index in [-0.39, 0.29) is 35.8 Å². The summed E-state index contributed by atoms with van der Waals surface area (Å²) in [7, 11) is 4.00. The number of ether oxygens (including phenoxy) is 2. The van der Waals surface area contributed by atoms with Gasteiger partial charge in [0.15, 0.2) is 0 Å². The topological polar surface area (TPSA) is 122 Å². The van der Waals surface area contributed by atoms with Crippen LogP contribution in [0, 0.1) is 5.92 Å². The number of aryl methyl sites for hydroxylation is 1. The number of unbranched alkanes of at least 4 members (excludes halogenated alkanes) is 22. The lowest BCUT2D eigenvalue weighted by Gasteiger charge is -2.27. The van der Waals surface area contributed by atoms with Crippen molar-refractivity contribution in [3.63, 3.8) is 0 Å². The van der Waals surface area contributed by atoms with Crippen molar-refractivity contribution >= 4 is 41.4 Å². The van der Waals surface area contributed by atoms with Gasteiger partial charge in [0.2, 0.25) is 5.91 Å². The summed E-state index contributed by atoms with van der Waals surface area (Å²) in [5, 5.41) is 3.08. The number of esters is 2. The van der Waals surface area contributed by atoms with Gasteiger partial charge >= 0.3 is 11.9 Å². The van der Waals surface area contributed by atoms with Crippen LogP contribution in [0.1, 0.15) is 292 Å². The van der Waals surface area contributed by atoms with Gasteiger partial charge in [0.05, 0.1) is 24.6 Å². The molecular formula is C61H113N3O7S. The van der Waals surface area contributed by atoms with E-state index in [1.165, 1.54) is 116 Å². The quantitative estimate of drug-likeness (QED) is 0.0390. The highest BCUT2D eigenvalue weighted by Crippen LogP contribution is 2.34. The predicted molar refractivity (Wildman–Crippen MR) is 305 cm³/mol. The average Bonchev–Trinajstić information content (AvgIpc) is 3.76. The number of hydrogen-bond donors (Lipinski definition) is 1. The highest BCUT2D eigenvalue weighted by atomic mass is 32.1. The number of thiophene rings is 1. The summed E-state index contributed by atoms with van der Waals surface area (Å²) < 4.78 is 11.5. The van der Waals surface area contributed by atoms with Crippen molar-refractivity contribution < 1.29 is 33.4 Å². The molecule has 0 aliphatic carbocycles. The van der Waals surface area contributed by atoms with Crippen molar-refractivity contribution in [2.45, 2.75) is 292 Å². The number of hydrogen-bond acceptors (Lipinski definition) is 9. The Bertz CT molecular complexity index is 1470. The molecule has 1 aromatic rings. The molecule has 2 rings (SSSR count). The molecule has 10 nitrogen and oxygen atoms in total. The lowest BCUT2D eigenvalue weighted by atomic mass is 9.94. The zero-order valence-electron chi connectivity index (χ0n) is 48.4. The molecule has 420 valence electrons. The first-order valence-corrected chi connectivity index (χ1v) is 31.0. The van der Waals surface area contributed by atoms with Crippen LogP contribution in [0.3, 0.4) is 0 Å². The van der Waals surface area contributed by atoms with E-state index in [4.69, 9.17) is 9.47 Å². The molecule has 0 bridgehead atoms. The zero-order valence-corrected chi connectivity index (χ0v) is 49.2. The maximum absolute atomic E-state index is 13.1. The van der Waals surface area contributed by atoms with Gasteiger partial charge in [-0.2, -0.15) is 0 Å². The smallest absolute Gasteiger partial charge is 0.308 e. The molecule has 72 heavy (non-hydrogen) atoms. The fourth-order valence-corrected chi connectivity index (χ4v) is 10.7. The molecule has 0 radical (unpaired) electrons. The molecule has 1 aromatic heterocycles. The zero-order chi connectivity index (χ0) is 53.5. The molecule has 1 N–H and O–H groups in total. The van der Waals surface area contributed by atoms with Gasteiger partial charge in [0.1, 0.15) is 12.4 Å². The average molecular weight is 1030 g/mol. The Labute approximate surface area is 447 Å². The molecule has 2 amide bonds. The summed E-state index contributed by atoms with van der Waals surface area (Å²) in [6, 6.07) is 0. The maximum Gasteiger partial charge on any atom is 0.308 e. The normalized spacial score (nSPS) is 12.4. The molecule has 0 aromatic carbocycles. The number of amides is 2. The van der Waals surface area contributed by atoms with Crippen LogP contribution in [0.15, 0.2) is 0 Å². The van der Waals surface area contributed by atoms with Gasteiger partial charge in [-0.05, 0) is 103 Å². The van der Waals surface area contributed by atoms with Crippen LogP contribution in [0.4, 0.5) is 0 Å². The fraction of sp³-hybridized carbons (Fsp3) is 0.852. The predicted octanol–water partition coefficient (Wildman–Crippen LogP) is 16.1. The highest BCUT2D eigenvalue weighted by Gasteiger charge is 2.29. The second kappa shape index (κ2) is 49.1. The molecule has 1 aliphatic heterocycles. The molecule has 1 unspecified atom stereocenters. The van der Waals surface area contributed by atoms with Crippen molar-refractivity contribution in [3.05, 3.63) is 20.9 Å². The molecule has 2 heterocycles. The van der Waals surface area contributed by atoms with Crippen molar-refractivity contribution in [3.8, 4) is 0 Å². The summed E-state index contributed by atoms with van der Waals surface area (Å²) in [5.74, 6) is 0.160. The van der Waals surface area contributed by atoms with Crippen LogP contribution < -0.4 is 5.32 Å². The fourth-order valence-electron chi connectivity index (χ4n) is 9.35. The van der Waals surface area contributed by atoms with E-state index < -0.39 is 0 Å². The molecule has 11 heteroatoms. The Morgan fingerprint density at radius 1 is 0.653 bits per heavy atom. The molecule has 1 atom stereocenters. The minimum atomic E-state index is -0.103. The van der Waals surface area contributed by atoms with Crippen LogP contribution >= 0.6 is 11.3 Å². The molecule has 0 saturated carbocycles. The number of carbonyl (C=O) groups is 5. The van der Waals surface area contributed by atoms with Crippen LogP contribution in [0.5, 0.6) is 0 Å². The first kappa shape index (κ1) is 69.2. The van der Waals surface area contributed by atoms with E-state index in [9.17, 15) is 24.0 Å². The Kier molecular flexibility index (Phi) is 47.2. The van der Waals surface area contributed by atoms with Crippen molar-refractivity contribution in [2.24, 2.45) is 5.92 Å². The van der Waals surface area contributed by atoms with E-state index in [1.807, 2.05) is 32.8 Å². The SMILES string of the molecule is CC.CCCCCCCCC(CCCCCC)C(=O)OCCCCCC=O.CCCCCCCCC(CCCCCCCC)OC(=O)CCCCC(=O)N1CCc2c(sc(CC)c2C(=O)NCCN(C)C)C1. The molecule has 0 saturated heterocycles. The van der Waals surface area contributed by atoms with Gasteiger partial charge in [-0.1, -0.05) is 177 Å². The first-order chi connectivity index (χ1) is 35.1. The van der Waals surface area contributed by atoms with Crippen molar-refractivity contribution in [1.29, 1.82) is 0 Å². The summed E-state index contributed by atoms with van der Waals surface area (Å²) in [4.78, 5) is 67.8. The largest absolute Gasteiger partial charge is 0.465 e. The Morgan fingerprint density at radius 3 is 1.68 bits per heavy atom. The summed E-state index contributed by atoms with van der Waals surface area (Å²) in [6.07, 6.45) is 39.5. The summed E-state index contributed by atoms with van der Waals surface area (Å²) >= 11 is 1.68. The van der Waals surface area contributed by atoms with Gasteiger partial charge < -0.3 is 29.4 Å². The second-order valence-corrected chi connectivity index (χ2v) is 21.7. The second-order valence-electron chi connectivity index (χ2n) is 20.5. The molecule has 0 spiro atoms. The maximum atomic E-state index is 13.1. The van der Waals surface area contributed by atoms with Gasteiger partial charge in [-0.15, -0.1) is 11.3 Å².